The maximum atomic E-state index is 3.75. The second-order valence-electron chi connectivity index (χ2n) is 3.30. The molecular formula is C11H14N2S2. The van der Waals surface area contributed by atoms with E-state index in [0.717, 1.165) is 0 Å². The Bertz CT molecular complexity index is 344. The van der Waals surface area contributed by atoms with Crippen LogP contribution in [0.25, 0.3) is 0 Å². The molecule has 2 rings (SSSR count). The van der Waals surface area contributed by atoms with Crippen molar-refractivity contribution in [1.29, 1.82) is 0 Å². The van der Waals surface area contributed by atoms with Crippen LogP contribution in [0.3, 0.4) is 0 Å². The number of nitrogens with one attached hydrogen (secondary N) is 2. The van der Waals surface area contributed by atoms with Crippen LogP contribution in [0, 0.1) is 0 Å². The van der Waals surface area contributed by atoms with Gasteiger partial charge in [-0.2, -0.15) is 0 Å². The summed E-state index contributed by atoms with van der Waals surface area (Å²) < 4.78 is 0. The van der Waals surface area contributed by atoms with Crippen molar-refractivity contribution in [2.24, 2.45) is 0 Å². The molecule has 0 saturated heterocycles. The van der Waals surface area contributed by atoms with E-state index >= 15 is 0 Å². The molecule has 0 aromatic carbocycles. The van der Waals surface area contributed by atoms with E-state index in [-0.39, 0.29) is 0 Å². The number of thioether (sulfide) groups is 2. The van der Waals surface area contributed by atoms with Gasteiger partial charge in [0.1, 0.15) is 0 Å². The van der Waals surface area contributed by atoms with Crippen LogP contribution >= 0.6 is 23.5 Å². The molecule has 0 bridgehead atoms. The van der Waals surface area contributed by atoms with Gasteiger partial charge in [0.05, 0.1) is 10.7 Å². The monoisotopic (exact) mass is 238 g/mol. The van der Waals surface area contributed by atoms with Crippen molar-refractivity contribution in [3.63, 3.8) is 0 Å². The van der Waals surface area contributed by atoms with Crippen LogP contribution in [0.5, 0.6) is 0 Å². The van der Waals surface area contributed by atoms with Gasteiger partial charge >= 0.3 is 0 Å². The third kappa shape index (κ3) is 2.86. The van der Waals surface area contributed by atoms with E-state index in [1.165, 1.54) is 9.81 Å². The van der Waals surface area contributed by atoms with E-state index in [1.54, 1.807) is 11.8 Å². The minimum atomic E-state index is 0.348. The molecule has 4 heteroatoms. The summed E-state index contributed by atoms with van der Waals surface area (Å²) in [6.45, 7) is 5.86. The molecule has 0 amide bonds. The zero-order chi connectivity index (χ0) is 10.7. The fraction of sp³-hybridized carbons (Fsp3) is 0.273. The first-order valence-corrected chi connectivity index (χ1v) is 6.57. The van der Waals surface area contributed by atoms with Gasteiger partial charge in [-0.3, -0.25) is 0 Å². The van der Waals surface area contributed by atoms with Crippen molar-refractivity contribution in [3.05, 3.63) is 47.0 Å². The standard InChI is InChI=1S/C11H14N2S2/c1-3-9-7-13-11(15-9)5-4-10-12-6-8(2)14-10/h3-7,10-13H,1H2,2H3/b5-4+. The minimum absolute atomic E-state index is 0.348. The Kier molecular flexibility index (Phi) is 3.49. The van der Waals surface area contributed by atoms with Crippen LogP contribution in [0.1, 0.15) is 6.92 Å². The maximum absolute atomic E-state index is 3.75. The van der Waals surface area contributed by atoms with Gasteiger partial charge in [-0.1, -0.05) is 36.6 Å². The van der Waals surface area contributed by atoms with Crippen LogP contribution < -0.4 is 10.6 Å². The van der Waals surface area contributed by atoms with Gasteiger partial charge in [0.2, 0.25) is 0 Å². The SMILES string of the molecule is C=CC1=CNC(/C=C/C2NC=C(C)S2)S1. The lowest BCUT2D eigenvalue weighted by atomic mass is 10.4. The van der Waals surface area contributed by atoms with E-state index in [2.05, 4.69) is 42.5 Å². The number of hydrogen-bond donors (Lipinski definition) is 2. The highest BCUT2D eigenvalue weighted by Gasteiger charge is 2.14. The predicted octanol–water partition coefficient (Wildman–Crippen LogP) is 2.76. The van der Waals surface area contributed by atoms with Crippen LogP contribution in [-0.2, 0) is 0 Å². The molecule has 0 saturated carbocycles. The van der Waals surface area contributed by atoms with Crippen molar-refractivity contribution in [2.75, 3.05) is 0 Å². The summed E-state index contributed by atoms with van der Waals surface area (Å²) in [6.07, 6.45) is 10.3. The van der Waals surface area contributed by atoms with Gasteiger partial charge in [-0.05, 0) is 11.8 Å². The Morgan fingerprint density at radius 3 is 2.40 bits per heavy atom. The Balaban J connectivity index is 1.79. The summed E-state index contributed by atoms with van der Waals surface area (Å²) >= 11 is 3.63. The van der Waals surface area contributed by atoms with Gasteiger partial charge < -0.3 is 10.6 Å². The zero-order valence-corrected chi connectivity index (χ0v) is 10.2. The van der Waals surface area contributed by atoms with Crippen molar-refractivity contribution in [2.45, 2.75) is 17.7 Å². The average molecular weight is 238 g/mol. The van der Waals surface area contributed by atoms with Gasteiger partial charge in [0.15, 0.2) is 0 Å². The fourth-order valence-electron chi connectivity index (χ4n) is 1.35. The van der Waals surface area contributed by atoms with Gasteiger partial charge in [-0.15, -0.1) is 11.8 Å². The Morgan fingerprint density at radius 1 is 1.20 bits per heavy atom. The summed E-state index contributed by atoms with van der Waals surface area (Å²) in [6, 6.07) is 0. The molecular weight excluding hydrogens is 224 g/mol. The first-order valence-electron chi connectivity index (χ1n) is 4.81. The van der Waals surface area contributed by atoms with Gasteiger partial charge in [0.25, 0.3) is 0 Å². The Hall–Kier alpha value is -0.740. The summed E-state index contributed by atoms with van der Waals surface area (Å²) in [5.41, 5.74) is 0. The van der Waals surface area contributed by atoms with Crippen molar-refractivity contribution >= 4 is 23.5 Å². The molecule has 2 nitrogen and oxygen atoms in total. The van der Waals surface area contributed by atoms with E-state index in [4.69, 9.17) is 0 Å². The molecule has 2 aliphatic heterocycles. The first kappa shape index (κ1) is 10.8. The Labute approximate surface area is 99.0 Å². The lowest BCUT2D eigenvalue weighted by Crippen LogP contribution is -2.16. The molecule has 2 aliphatic rings. The molecule has 0 aromatic heterocycles. The molecule has 0 spiro atoms. The van der Waals surface area contributed by atoms with E-state index < -0.39 is 0 Å². The second kappa shape index (κ2) is 4.86. The number of hydrogen-bond acceptors (Lipinski definition) is 4. The summed E-state index contributed by atoms with van der Waals surface area (Å²) in [7, 11) is 0. The third-order valence-corrected chi connectivity index (χ3v) is 4.22. The molecule has 2 unspecified atom stereocenters. The summed E-state index contributed by atoms with van der Waals surface area (Å²) in [5.74, 6) is 0. The van der Waals surface area contributed by atoms with Crippen LogP contribution in [0.15, 0.2) is 47.0 Å². The topological polar surface area (TPSA) is 24.1 Å². The normalized spacial score (nSPS) is 29.7. The third-order valence-electron chi connectivity index (χ3n) is 2.08. The molecule has 0 fully saturated rings. The molecule has 2 heterocycles. The van der Waals surface area contributed by atoms with E-state index in [1.807, 2.05) is 24.0 Å². The molecule has 0 aliphatic carbocycles. The van der Waals surface area contributed by atoms with E-state index in [9.17, 15) is 0 Å². The van der Waals surface area contributed by atoms with Crippen LogP contribution in [0.4, 0.5) is 0 Å². The van der Waals surface area contributed by atoms with Crippen molar-refractivity contribution in [1.82, 2.24) is 10.6 Å². The first-order chi connectivity index (χ1) is 7.28. The molecule has 2 atom stereocenters. The van der Waals surface area contributed by atoms with Crippen LogP contribution in [0.2, 0.25) is 0 Å². The summed E-state index contributed by atoms with van der Waals surface area (Å²) in [5, 5.41) is 7.31. The second-order valence-corrected chi connectivity index (χ2v) is 5.90. The highest BCUT2D eigenvalue weighted by atomic mass is 32.2. The highest BCUT2D eigenvalue weighted by Crippen LogP contribution is 2.29. The quantitative estimate of drug-likeness (QED) is 0.738. The van der Waals surface area contributed by atoms with Crippen LogP contribution in [-0.4, -0.2) is 10.7 Å². The molecule has 80 valence electrons. The van der Waals surface area contributed by atoms with E-state index in [0.29, 0.717) is 10.7 Å². The molecule has 15 heavy (non-hydrogen) atoms. The maximum Gasteiger partial charge on any atom is 0.0953 e. The largest absolute Gasteiger partial charge is 0.375 e. The van der Waals surface area contributed by atoms with Crippen molar-refractivity contribution in [3.8, 4) is 0 Å². The lowest BCUT2D eigenvalue weighted by Gasteiger charge is -2.07. The lowest BCUT2D eigenvalue weighted by molar-refractivity contribution is 0.908. The number of allylic oxidation sites excluding steroid dienone is 2. The predicted molar refractivity (Wildman–Crippen MR) is 70.2 cm³/mol. The van der Waals surface area contributed by atoms with Gasteiger partial charge in [0, 0.05) is 17.3 Å². The molecule has 2 N–H and O–H groups in total. The Morgan fingerprint density at radius 2 is 1.87 bits per heavy atom. The van der Waals surface area contributed by atoms with Gasteiger partial charge in [-0.25, -0.2) is 0 Å². The highest BCUT2D eigenvalue weighted by molar-refractivity contribution is 8.04. The van der Waals surface area contributed by atoms with Crippen molar-refractivity contribution < 1.29 is 0 Å². The minimum Gasteiger partial charge on any atom is -0.375 e. The smallest absolute Gasteiger partial charge is 0.0953 e. The fourth-order valence-corrected chi connectivity index (χ4v) is 3.02. The zero-order valence-electron chi connectivity index (χ0n) is 8.57. The molecule has 0 radical (unpaired) electrons. The average Bonchev–Trinajstić information content (AvgIpc) is 2.83. The number of rotatable bonds is 3. The summed E-state index contributed by atoms with van der Waals surface area (Å²) in [4.78, 5) is 2.53. The molecule has 0 aromatic rings.